The van der Waals surface area contributed by atoms with Gasteiger partial charge in [0.1, 0.15) is 0 Å². The van der Waals surface area contributed by atoms with Gasteiger partial charge in [0.05, 0.1) is 84.7 Å². The molecular formula is C96H60IrN9-3. The van der Waals surface area contributed by atoms with Crippen LogP contribution in [-0.4, -0.2) is 44.9 Å². The summed E-state index contributed by atoms with van der Waals surface area (Å²) in [5.41, 5.74) is 24.2. The van der Waals surface area contributed by atoms with Crippen molar-refractivity contribution in [2.45, 2.75) is 20.8 Å². The van der Waals surface area contributed by atoms with Crippen molar-refractivity contribution < 1.29 is 20.1 Å². The van der Waals surface area contributed by atoms with Gasteiger partial charge in [-0.1, -0.05) is 239 Å². The maximum absolute atomic E-state index is 5.23. The molecule has 0 fully saturated rings. The van der Waals surface area contributed by atoms with Gasteiger partial charge in [0.25, 0.3) is 0 Å². The zero-order valence-corrected chi connectivity index (χ0v) is 60.2. The van der Waals surface area contributed by atoms with Crippen LogP contribution < -0.4 is 0 Å². The van der Waals surface area contributed by atoms with Crippen LogP contribution in [0, 0.1) is 39.0 Å². The molecule has 0 aliphatic heterocycles. The van der Waals surface area contributed by atoms with Gasteiger partial charge in [-0.25, -0.2) is 15.0 Å². The first-order chi connectivity index (χ1) is 51.8. The second-order valence-corrected chi connectivity index (χ2v) is 26.5. The molecule has 0 atom stereocenters. The molecule has 9 nitrogen and oxygen atoms in total. The summed E-state index contributed by atoms with van der Waals surface area (Å²) in [6, 6.07) is 116. The standard InChI is InChI=1S/3C32H20N3.Ir/c3*1-20-10-8-9-15-23(20)32-33-26-18-16-24-28-25(17-19-27(34-32)29(26)28)31(22-13-6-3-7-14-22)35-30(24)21-11-4-2-5-12-21;/h3*2-14,16-19H,1H3;/q3*-1;. The molecule has 501 valence electrons. The minimum Gasteiger partial charge on any atom is -0.277 e. The van der Waals surface area contributed by atoms with Crippen molar-refractivity contribution in [3.8, 4) is 102 Å². The van der Waals surface area contributed by atoms with Gasteiger partial charge in [0.2, 0.25) is 0 Å². The predicted molar refractivity (Wildman–Crippen MR) is 430 cm³/mol. The van der Waals surface area contributed by atoms with E-state index < -0.39 is 0 Å². The molecule has 1 radical (unpaired) electrons. The van der Waals surface area contributed by atoms with Crippen LogP contribution in [0.25, 0.3) is 199 Å². The second-order valence-electron chi connectivity index (χ2n) is 26.5. The first-order valence-electron chi connectivity index (χ1n) is 35.2. The number of rotatable bonds is 9. The van der Waals surface area contributed by atoms with E-state index in [2.05, 4.69) is 276 Å². The van der Waals surface area contributed by atoms with E-state index in [1.54, 1.807) is 0 Å². The average Bonchev–Trinajstić information content (AvgIpc) is 0.731. The molecule has 0 aliphatic rings. The van der Waals surface area contributed by atoms with Crippen molar-refractivity contribution in [3.05, 3.63) is 344 Å². The van der Waals surface area contributed by atoms with Gasteiger partial charge in [0.15, 0.2) is 0 Å². The van der Waals surface area contributed by atoms with Crippen LogP contribution in [-0.2, 0) is 20.1 Å². The van der Waals surface area contributed by atoms with Gasteiger partial charge in [-0.2, -0.15) is 0 Å². The summed E-state index contributed by atoms with van der Waals surface area (Å²) in [6.45, 7) is 6.22. The van der Waals surface area contributed by atoms with Crippen molar-refractivity contribution in [3.63, 3.8) is 0 Å². The van der Waals surface area contributed by atoms with Gasteiger partial charge in [-0.15, -0.1) is 106 Å². The third-order valence-electron chi connectivity index (χ3n) is 20.1. The van der Waals surface area contributed by atoms with E-state index in [4.69, 9.17) is 44.9 Å². The summed E-state index contributed by atoms with van der Waals surface area (Å²) in [5, 5.41) is 13.4. The quantitative estimate of drug-likeness (QED) is 0.103. The Balaban J connectivity index is 0.000000112. The van der Waals surface area contributed by atoms with E-state index in [1.165, 1.54) is 0 Å². The molecule has 21 rings (SSSR count). The second kappa shape index (κ2) is 27.2. The number of aryl methyl sites for hydroxylation is 3. The summed E-state index contributed by atoms with van der Waals surface area (Å²) < 4.78 is 0. The number of aromatic nitrogens is 9. The molecule has 21 aromatic rings. The Morgan fingerprint density at radius 1 is 0.189 bits per heavy atom. The Hall–Kier alpha value is -13.2. The van der Waals surface area contributed by atoms with Gasteiger partial charge in [-0.3, -0.25) is 29.9 Å². The third kappa shape index (κ3) is 11.4. The van der Waals surface area contributed by atoms with Crippen LogP contribution >= 0.6 is 0 Å². The monoisotopic (exact) mass is 1530 g/mol. The number of benzene rings is 15. The average molecular weight is 1530 g/mol. The first kappa shape index (κ1) is 64.8. The minimum absolute atomic E-state index is 0. The van der Waals surface area contributed by atoms with Crippen LogP contribution in [0.5, 0.6) is 0 Å². The molecular weight excluding hydrogens is 1470 g/mol. The number of nitrogens with zero attached hydrogens (tertiary/aromatic N) is 9. The molecule has 0 bridgehead atoms. The van der Waals surface area contributed by atoms with E-state index in [-0.39, 0.29) is 20.1 Å². The summed E-state index contributed by atoms with van der Waals surface area (Å²) >= 11 is 0. The minimum atomic E-state index is 0. The molecule has 0 saturated heterocycles. The maximum Gasteiger partial charge on any atom is 0.0788 e. The molecule has 0 amide bonds. The topological polar surface area (TPSA) is 116 Å². The zero-order chi connectivity index (χ0) is 70.1. The zero-order valence-electron chi connectivity index (χ0n) is 57.8. The van der Waals surface area contributed by atoms with Crippen LogP contribution in [0.15, 0.2) is 309 Å². The molecule has 0 aliphatic carbocycles. The summed E-state index contributed by atoms with van der Waals surface area (Å²) in [5.74, 6) is 2.12. The number of hydrogen-bond donors (Lipinski definition) is 0. The van der Waals surface area contributed by atoms with E-state index in [9.17, 15) is 0 Å². The largest absolute Gasteiger partial charge is 0.277 e. The SMILES string of the molecule is Cc1ccc[c-]c1-c1nc2ccc3c(-c4ccccc4)nc(-c4ccccc4)c4ccc(n1)c2c34.Cc1ccc[c-]c1-c1nc2ccc3c(-c4ccccc4)nc(-c4ccccc4)c4ccc(n1)c2c34.Cc1ccc[c-]c1-c1nc2ccc3c(-c4ccccc4)nc(-c4ccccc4)c4ccc(n1)c2c34.[Ir]. The Kier molecular flexibility index (Phi) is 16.6. The fourth-order valence-corrected chi connectivity index (χ4v) is 15.1. The Bertz CT molecular complexity index is 5870. The van der Waals surface area contributed by atoms with Crippen LogP contribution in [0.4, 0.5) is 0 Å². The Morgan fingerprint density at radius 3 is 0.557 bits per heavy atom. The smallest absolute Gasteiger partial charge is 0.0788 e. The summed E-state index contributed by atoms with van der Waals surface area (Å²) in [7, 11) is 0. The van der Waals surface area contributed by atoms with Gasteiger partial charge in [-0.05, 0) is 36.4 Å². The molecule has 6 aromatic heterocycles. The van der Waals surface area contributed by atoms with Gasteiger partial charge in [0, 0.05) is 118 Å². The summed E-state index contributed by atoms with van der Waals surface area (Å²) in [4.78, 5) is 45.7. The van der Waals surface area contributed by atoms with E-state index in [0.29, 0.717) is 17.5 Å². The summed E-state index contributed by atoms with van der Waals surface area (Å²) in [6.07, 6.45) is 0. The van der Waals surface area contributed by atoms with Gasteiger partial charge < -0.3 is 0 Å². The van der Waals surface area contributed by atoms with Crippen LogP contribution in [0.3, 0.4) is 0 Å². The molecule has 10 heteroatoms. The Labute approximate surface area is 625 Å². The molecule has 0 unspecified atom stereocenters. The van der Waals surface area contributed by atoms with E-state index in [0.717, 1.165) is 199 Å². The van der Waals surface area contributed by atoms with Gasteiger partial charge >= 0.3 is 0 Å². The van der Waals surface area contributed by atoms with Crippen molar-refractivity contribution in [2.75, 3.05) is 0 Å². The van der Waals surface area contributed by atoms with Crippen LogP contribution in [0.2, 0.25) is 0 Å². The molecule has 0 saturated carbocycles. The third-order valence-corrected chi connectivity index (χ3v) is 20.1. The molecule has 0 spiro atoms. The molecule has 15 aromatic carbocycles. The Morgan fingerprint density at radius 2 is 0.377 bits per heavy atom. The molecule has 106 heavy (non-hydrogen) atoms. The maximum atomic E-state index is 5.23. The van der Waals surface area contributed by atoms with Crippen molar-refractivity contribution in [1.29, 1.82) is 0 Å². The van der Waals surface area contributed by atoms with Crippen molar-refractivity contribution >= 4 is 97.7 Å². The molecule has 0 N–H and O–H groups in total. The first-order valence-corrected chi connectivity index (χ1v) is 35.2. The number of pyridine rings is 3. The molecule has 6 heterocycles. The fourth-order valence-electron chi connectivity index (χ4n) is 15.1. The predicted octanol–water partition coefficient (Wildman–Crippen LogP) is 23.6. The normalized spacial score (nSPS) is 11.5. The van der Waals surface area contributed by atoms with E-state index in [1.807, 2.05) is 72.8 Å². The van der Waals surface area contributed by atoms with Crippen LogP contribution in [0.1, 0.15) is 16.7 Å². The fraction of sp³-hybridized carbons (Fsp3) is 0.0312. The van der Waals surface area contributed by atoms with Crippen molar-refractivity contribution in [1.82, 2.24) is 44.9 Å². The number of hydrogen-bond acceptors (Lipinski definition) is 9. The van der Waals surface area contributed by atoms with E-state index >= 15 is 0 Å². The van der Waals surface area contributed by atoms with Crippen molar-refractivity contribution in [2.24, 2.45) is 0 Å².